The number of nitrogens with one attached hydrogen (secondary N) is 3. The molecule has 1 rings (SSSR count). The van der Waals surface area contributed by atoms with Crippen LogP contribution in [0.1, 0.15) is 52.0 Å². The van der Waals surface area contributed by atoms with E-state index in [1.807, 2.05) is 36.2 Å². The van der Waals surface area contributed by atoms with Crippen molar-refractivity contribution in [2.45, 2.75) is 75.8 Å². The van der Waals surface area contributed by atoms with Gasteiger partial charge >= 0.3 is 172 Å². The molecule has 0 saturated carbocycles. The summed E-state index contributed by atoms with van der Waals surface area (Å²) in [7, 11) is 0. The topological polar surface area (TPSA) is 123 Å². The number of rotatable bonds is 14. The van der Waals surface area contributed by atoms with Crippen molar-refractivity contribution in [3.63, 3.8) is 0 Å². The molecule has 0 spiro atoms. The third-order valence-corrected chi connectivity index (χ3v) is 5.78. The average molecular weight is 543 g/mol. The Morgan fingerprint density at radius 1 is 1.00 bits per heavy atom. The number of alkyl carbamates (subject to hydrolysis) is 1. The molecule has 34 heavy (non-hydrogen) atoms. The van der Waals surface area contributed by atoms with Crippen molar-refractivity contribution in [2.24, 2.45) is 0 Å². The number of unbranched alkanes of at least 4 members (excludes halogenated alkanes) is 2. The van der Waals surface area contributed by atoms with Crippen LogP contribution in [0.4, 0.5) is 4.79 Å². The number of carbonyl (C=O) groups excluding carboxylic acids is 4. The van der Waals surface area contributed by atoms with Crippen LogP contribution >= 0.6 is 0 Å². The second-order valence-corrected chi connectivity index (χ2v) is 10.6. The average Bonchev–Trinajstić information content (AvgIpc) is 2.77. The van der Waals surface area contributed by atoms with Crippen molar-refractivity contribution in [1.82, 2.24) is 16.0 Å². The molecule has 9 nitrogen and oxygen atoms in total. The van der Waals surface area contributed by atoms with Gasteiger partial charge in [-0.1, -0.05) is 30.3 Å². The summed E-state index contributed by atoms with van der Waals surface area (Å²) < 4.78 is 10.3. The Balaban J connectivity index is 2.21. The van der Waals surface area contributed by atoms with Crippen molar-refractivity contribution in [2.75, 3.05) is 13.1 Å². The first-order valence-electron chi connectivity index (χ1n) is 11.3. The molecule has 190 valence electrons. The first-order chi connectivity index (χ1) is 16.1. The minimum absolute atomic E-state index is 0.175. The van der Waals surface area contributed by atoms with E-state index < -0.39 is 23.6 Å². The van der Waals surface area contributed by atoms with Crippen molar-refractivity contribution in [3.8, 4) is 0 Å². The van der Waals surface area contributed by atoms with E-state index in [0.29, 0.717) is 24.7 Å². The molecule has 1 atom stereocenters. The van der Waals surface area contributed by atoms with E-state index in [-0.39, 0.29) is 40.0 Å². The molecule has 0 fully saturated rings. The number of hydrogen-bond donors (Lipinski definition) is 3. The van der Waals surface area contributed by atoms with E-state index in [1.165, 1.54) is 0 Å². The van der Waals surface area contributed by atoms with Gasteiger partial charge in [0, 0.05) is 0 Å². The maximum absolute atomic E-state index is 12.5. The molecule has 0 aliphatic heterocycles. The third-order valence-electron chi connectivity index (χ3n) is 4.38. The first kappa shape index (κ1) is 29.5. The Morgan fingerprint density at radius 2 is 1.71 bits per heavy atom. The van der Waals surface area contributed by atoms with Crippen LogP contribution in [0.15, 0.2) is 30.3 Å². The van der Waals surface area contributed by atoms with Crippen LogP contribution in [0.3, 0.4) is 0 Å². The van der Waals surface area contributed by atoms with Crippen LogP contribution in [-0.2, 0) is 30.5 Å². The second-order valence-electron chi connectivity index (χ2n) is 8.68. The van der Waals surface area contributed by atoms with Crippen LogP contribution in [0.25, 0.3) is 0 Å². The van der Waals surface area contributed by atoms with Crippen LogP contribution in [0, 0.1) is 0 Å². The third kappa shape index (κ3) is 14.5. The fraction of sp³-hybridized carbons (Fsp3) is 0.583. The molecule has 1 unspecified atom stereocenters. The second kappa shape index (κ2) is 16.1. The number of esters is 1. The standard InChI is InChI=1S/C24H37N3O6Se/c1-24(2,3)33-23(31)26-15-20(28)27-19(17-34-4)22(30)25-14-10-6-9-13-21(29)32-16-18-11-7-5-8-12-18/h5,7-8,11-12,19H,6,9-10,13-17H2,1-4H3,(H,25,30)(H,26,31)(H,27,28). The van der Waals surface area contributed by atoms with Crippen molar-refractivity contribution in [3.05, 3.63) is 35.9 Å². The summed E-state index contributed by atoms with van der Waals surface area (Å²) in [6.45, 7) is 5.65. The van der Waals surface area contributed by atoms with Crippen molar-refractivity contribution < 1.29 is 28.7 Å². The number of hydrogen-bond acceptors (Lipinski definition) is 6. The number of benzene rings is 1. The molecule has 0 aliphatic rings. The van der Waals surface area contributed by atoms with Crippen molar-refractivity contribution >= 4 is 38.8 Å². The SMILES string of the molecule is C[Se]CC(NC(=O)CNC(=O)OC(C)(C)C)C(=O)NCCCCCC(=O)OCc1ccccc1. The molecule has 0 saturated heterocycles. The maximum atomic E-state index is 12.5. The molecule has 1 aromatic rings. The van der Waals surface area contributed by atoms with Gasteiger partial charge in [-0.15, -0.1) is 0 Å². The van der Waals surface area contributed by atoms with Gasteiger partial charge in [0.05, 0.1) is 0 Å². The fourth-order valence-corrected chi connectivity index (χ4v) is 3.97. The summed E-state index contributed by atoms with van der Waals surface area (Å²) >= 11 is 0.175. The van der Waals surface area contributed by atoms with Gasteiger partial charge < -0.3 is 0 Å². The molecule has 3 N–H and O–H groups in total. The molecular weight excluding hydrogens is 505 g/mol. The van der Waals surface area contributed by atoms with Gasteiger partial charge in [0.25, 0.3) is 0 Å². The molecule has 0 bridgehead atoms. The zero-order valence-electron chi connectivity index (χ0n) is 20.5. The number of carbonyl (C=O) groups is 4. The summed E-state index contributed by atoms with van der Waals surface area (Å²) in [4.78, 5) is 48.1. The fourth-order valence-electron chi connectivity index (χ4n) is 2.78. The predicted octanol–water partition coefficient (Wildman–Crippen LogP) is 2.59. The smallest absolute Gasteiger partial charge is 0.0622 e. The molecule has 0 radical (unpaired) electrons. The van der Waals surface area contributed by atoms with Gasteiger partial charge in [0.15, 0.2) is 0 Å². The van der Waals surface area contributed by atoms with Gasteiger partial charge in [-0.05, 0) is 5.56 Å². The summed E-state index contributed by atoms with van der Waals surface area (Å²) in [5.74, 6) is 1.04. The number of amides is 3. The van der Waals surface area contributed by atoms with E-state index in [4.69, 9.17) is 9.47 Å². The number of ether oxygens (including phenoxy) is 2. The Labute approximate surface area is 208 Å². The quantitative estimate of drug-likeness (QED) is 0.189. The first-order valence-corrected chi connectivity index (χ1v) is 14.3. The summed E-state index contributed by atoms with van der Waals surface area (Å²) in [5.41, 5.74) is 0.296. The molecule has 1 aromatic carbocycles. The molecular formula is C24H37N3O6Se. The Kier molecular flexibility index (Phi) is 14.0. The van der Waals surface area contributed by atoms with Gasteiger partial charge in [0.2, 0.25) is 0 Å². The van der Waals surface area contributed by atoms with Crippen LogP contribution < -0.4 is 16.0 Å². The van der Waals surface area contributed by atoms with Gasteiger partial charge in [-0.3, -0.25) is 0 Å². The molecule has 10 heteroatoms. The molecule has 0 aromatic heterocycles. The molecule has 3 amide bonds. The van der Waals surface area contributed by atoms with E-state index >= 15 is 0 Å². The van der Waals surface area contributed by atoms with Gasteiger partial charge in [0.1, 0.15) is 0 Å². The molecule has 0 heterocycles. The van der Waals surface area contributed by atoms with Crippen molar-refractivity contribution in [1.29, 1.82) is 0 Å². The van der Waals surface area contributed by atoms with Gasteiger partial charge in [-0.2, -0.15) is 0 Å². The van der Waals surface area contributed by atoms with E-state index in [1.54, 1.807) is 20.8 Å². The zero-order chi connectivity index (χ0) is 25.4. The Morgan fingerprint density at radius 3 is 2.35 bits per heavy atom. The van der Waals surface area contributed by atoms with E-state index in [0.717, 1.165) is 18.4 Å². The zero-order valence-corrected chi connectivity index (χ0v) is 22.2. The van der Waals surface area contributed by atoms with Crippen LogP contribution in [0.5, 0.6) is 0 Å². The van der Waals surface area contributed by atoms with E-state index in [2.05, 4.69) is 16.0 Å². The van der Waals surface area contributed by atoms with Crippen LogP contribution in [0.2, 0.25) is 11.1 Å². The van der Waals surface area contributed by atoms with Gasteiger partial charge in [-0.25, -0.2) is 0 Å². The minimum atomic E-state index is -0.688. The summed E-state index contributed by atoms with van der Waals surface area (Å²) in [6, 6.07) is 8.87. The predicted molar refractivity (Wildman–Crippen MR) is 130 cm³/mol. The summed E-state index contributed by atoms with van der Waals surface area (Å²) in [6.07, 6.45) is 1.82. The Bertz CT molecular complexity index is 783. The minimum Gasteiger partial charge on any atom is -0.0622 e. The molecule has 0 aliphatic carbocycles. The van der Waals surface area contributed by atoms with Crippen LogP contribution in [-0.4, -0.2) is 63.6 Å². The monoisotopic (exact) mass is 543 g/mol. The normalized spacial score (nSPS) is 11.8. The van der Waals surface area contributed by atoms with E-state index in [9.17, 15) is 19.2 Å². The Hall–Kier alpha value is -2.58. The summed E-state index contributed by atoms with van der Waals surface area (Å²) in [5, 5.41) is 8.42.